The third-order valence-electron chi connectivity index (χ3n) is 3.02. The summed E-state index contributed by atoms with van der Waals surface area (Å²) >= 11 is 4.04. The Morgan fingerprint density at radius 3 is 2.89 bits per heavy atom. The standard InChI is InChI=1S/C14H10IN3S/c1-2-18-12-4-3-9(7-16)5-11(12)17-14(18)10-6-13(15)19-8-10/h3-6,8H,2H2,1H3. The van der Waals surface area contributed by atoms with Crippen LogP contribution in [0.1, 0.15) is 12.5 Å². The molecule has 1 aromatic carbocycles. The van der Waals surface area contributed by atoms with Crippen molar-refractivity contribution in [2.24, 2.45) is 0 Å². The Bertz CT molecular complexity index is 795. The van der Waals surface area contributed by atoms with E-state index in [2.05, 4.69) is 51.6 Å². The molecular weight excluding hydrogens is 369 g/mol. The molecule has 0 N–H and O–H groups in total. The Balaban J connectivity index is 2.27. The molecule has 2 heterocycles. The van der Waals surface area contributed by atoms with E-state index in [4.69, 9.17) is 10.2 Å². The molecular formula is C14H10IN3S. The number of aromatic nitrogens is 2. The van der Waals surface area contributed by atoms with Crippen LogP contribution in [0.3, 0.4) is 0 Å². The lowest BCUT2D eigenvalue weighted by Gasteiger charge is -2.03. The van der Waals surface area contributed by atoms with Crippen LogP contribution in [0.15, 0.2) is 29.6 Å². The van der Waals surface area contributed by atoms with E-state index in [1.54, 1.807) is 11.3 Å². The second-order valence-corrected chi connectivity index (χ2v) is 6.94. The van der Waals surface area contributed by atoms with Crippen molar-refractivity contribution in [3.05, 3.63) is 38.1 Å². The van der Waals surface area contributed by atoms with E-state index < -0.39 is 0 Å². The maximum absolute atomic E-state index is 8.97. The monoisotopic (exact) mass is 379 g/mol. The Kier molecular flexibility index (Phi) is 3.29. The molecule has 0 spiro atoms. The smallest absolute Gasteiger partial charge is 0.141 e. The van der Waals surface area contributed by atoms with Crippen LogP contribution < -0.4 is 0 Å². The molecule has 3 nitrogen and oxygen atoms in total. The van der Waals surface area contributed by atoms with E-state index in [1.807, 2.05) is 18.2 Å². The number of hydrogen-bond donors (Lipinski definition) is 0. The summed E-state index contributed by atoms with van der Waals surface area (Å²) in [4.78, 5) is 4.69. The van der Waals surface area contributed by atoms with Crippen LogP contribution >= 0.6 is 33.9 Å². The summed E-state index contributed by atoms with van der Waals surface area (Å²) in [5.41, 5.74) is 3.76. The van der Waals surface area contributed by atoms with Gasteiger partial charge in [0, 0.05) is 17.5 Å². The van der Waals surface area contributed by atoms with Gasteiger partial charge in [-0.1, -0.05) is 0 Å². The Labute approximate surface area is 128 Å². The average molecular weight is 379 g/mol. The van der Waals surface area contributed by atoms with Crippen molar-refractivity contribution in [3.63, 3.8) is 0 Å². The summed E-state index contributed by atoms with van der Waals surface area (Å²) in [5.74, 6) is 0.978. The molecule has 0 saturated carbocycles. The van der Waals surface area contributed by atoms with Crippen LogP contribution in [0.5, 0.6) is 0 Å². The molecule has 2 aromatic heterocycles. The van der Waals surface area contributed by atoms with Gasteiger partial charge in [0.05, 0.1) is 25.5 Å². The first-order valence-electron chi connectivity index (χ1n) is 5.87. The fourth-order valence-electron chi connectivity index (χ4n) is 2.17. The third-order valence-corrected chi connectivity index (χ3v) is 4.81. The molecule has 0 fully saturated rings. The van der Waals surface area contributed by atoms with Crippen molar-refractivity contribution in [3.8, 4) is 17.5 Å². The lowest BCUT2D eigenvalue weighted by Crippen LogP contribution is -1.96. The molecule has 0 saturated heterocycles. The van der Waals surface area contributed by atoms with Gasteiger partial charge in [-0.3, -0.25) is 0 Å². The second-order valence-electron chi connectivity index (χ2n) is 4.13. The lowest BCUT2D eigenvalue weighted by atomic mass is 10.2. The summed E-state index contributed by atoms with van der Waals surface area (Å²) in [5, 5.41) is 11.1. The number of thiophene rings is 1. The van der Waals surface area contributed by atoms with E-state index in [-0.39, 0.29) is 0 Å². The first-order chi connectivity index (χ1) is 9.22. The number of halogens is 1. The molecule has 0 aliphatic carbocycles. The van der Waals surface area contributed by atoms with Crippen LogP contribution in [-0.2, 0) is 6.54 Å². The highest BCUT2D eigenvalue weighted by Gasteiger charge is 2.13. The van der Waals surface area contributed by atoms with Gasteiger partial charge in [-0.25, -0.2) is 4.98 Å². The predicted molar refractivity (Wildman–Crippen MR) is 86.2 cm³/mol. The van der Waals surface area contributed by atoms with E-state index in [0.29, 0.717) is 5.56 Å². The summed E-state index contributed by atoms with van der Waals surface area (Å²) in [6.07, 6.45) is 0. The third kappa shape index (κ3) is 2.15. The minimum atomic E-state index is 0.653. The van der Waals surface area contributed by atoms with Crippen molar-refractivity contribution >= 4 is 45.0 Å². The number of nitrogens with zero attached hydrogens (tertiary/aromatic N) is 3. The molecule has 0 atom stereocenters. The van der Waals surface area contributed by atoms with Crippen molar-refractivity contribution in [2.75, 3.05) is 0 Å². The molecule has 94 valence electrons. The number of fused-ring (bicyclic) bond motifs is 1. The molecule has 0 radical (unpaired) electrons. The zero-order valence-corrected chi connectivity index (χ0v) is 13.2. The van der Waals surface area contributed by atoms with Gasteiger partial charge in [0.25, 0.3) is 0 Å². The van der Waals surface area contributed by atoms with Gasteiger partial charge >= 0.3 is 0 Å². The number of hydrogen-bond acceptors (Lipinski definition) is 3. The molecule has 19 heavy (non-hydrogen) atoms. The minimum Gasteiger partial charge on any atom is -0.324 e. The van der Waals surface area contributed by atoms with Crippen molar-refractivity contribution < 1.29 is 0 Å². The van der Waals surface area contributed by atoms with Gasteiger partial charge in [0.1, 0.15) is 5.82 Å². The maximum Gasteiger partial charge on any atom is 0.141 e. The number of rotatable bonds is 2. The number of nitriles is 1. The lowest BCUT2D eigenvalue weighted by molar-refractivity contribution is 0.797. The first-order valence-corrected chi connectivity index (χ1v) is 7.83. The zero-order valence-electron chi connectivity index (χ0n) is 10.2. The van der Waals surface area contributed by atoms with Crippen molar-refractivity contribution in [2.45, 2.75) is 13.5 Å². The van der Waals surface area contributed by atoms with Gasteiger partial charge in [0.15, 0.2) is 0 Å². The Hall–Kier alpha value is -1.39. The molecule has 3 rings (SSSR count). The van der Waals surface area contributed by atoms with Crippen LogP contribution in [0.25, 0.3) is 22.4 Å². The highest BCUT2D eigenvalue weighted by molar-refractivity contribution is 14.1. The highest BCUT2D eigenvalue weighted by atomic mass is 127. The summed E-state index contributed by atoms with van der Waals surface area (Å²) < 4.78 is 3.44. The molecule has 3 aromatic rings. The van der Waals surface area contributed by atoms with Gasteiger partial charge < -0.3 is 4.57 Å². The van der Waals surface area contributed by atoms with E-state index >= 15 is 0 Å². The van der Waals surface area contributed by atoms with Crippen molar-refractivity contribution in [1.29, 1.82) is 5.26 Å². The van der Waals surface area contributed by atoms with Crippen molar-refractivity contribution in [1.82, 2.24) is 9.55 Å². The van der Waals surface area contributed by atoms with Crippen LogP contribution in [0, 0.1) is 14.2 Å². The van der Waals surface area contributed by atoms with Crippen LogP contribution in [0.4, 0.5) is 0 Å². The molecule has 0 aliphatic heterocycles. The Morgan fingerprint density at radius 1 is 1.42 bits per heavy atom. The predicted octanol–water partition coefficient (Wildman–Crippen LogP) is 4.26. The number of benzene rings is 1. The average Bonchev–Trinajstić information content (AvgIpc) is 3.00. The zero-order chi connectivity index (χ0) is 13.4. The SMILES string of the molecule is CCn1c(-c2csc(I)c2)nc2cc(C#N)ccc21. The summed E-state index contributed by atoms with van der Waals surface area (Å²) in [7, 11) is 0. The molecule has 0 unspecified atom stereocenters. The quantitative estimate of drug-likeness (QED) is 0.625. The van der Waals surface area contributed by atoms with Gasteiger partial charge in [-0.2, -0.15) is 5.26 Å². The fraction of sp³-hybridized carbons (Fsp3) is 0.143. The van der Waals surface area contributed by atoms with Crippen LogP contribution in [-0.4, -0.2) is 9.55 Å². The summed E-state index contributed by atoms with van der Waals surface area (Å²) in [6.45, 7) is 2.98. The van der Waals surface area contributed by atoms with Gasteiger partial charge in [0.2, 0.25) is 0 Å². The van der Waals surface area contributed by atoms with E-state index in [1.165, 1.54) is 2.88 Å². The van der Waals surface area contributed by atoms with Gasteiger partial charge in [-0.05, 0) is 53.8 Å². The molecule has 0 bridgehead atoms. The topological polar surface area (TPSA) is 41.6 Å². The van der Waals surface area contributed by atoms with E-state index in [0.717, 1.165) is 29.0 Å². The number of imidazole rings is 1. The minimum absolute atomic E-state index is 0.653. The molecule has 5 heteroatoms. The highest BCUT2D eigenvalue weighted by Crippen LogP contribution is 2.29. The fourth-order valence-corrected chi connectivity index (χ4v) is 3.49. The second kappa shape index (κ2) is 4.94. The van der Waals surface area contributed by atoms with Gasteiger partial charge in [-0.15, -0.1) is 11.3 Å². The normalized spacial score (nSPS) is 10.8. The molecule has 0 amide bonds. The Morgan fingerprint density at radius 2 is 2.26 bits per heavy atom. The first kappa shape index (κ1) is 12.6. The largest absolute Gasteiger partial charge is 0.324 e. The summed E-state index contributed by atoms with van der Waals surface area (Å²) in [6, 6.07) is 9.98. The number of aryl methyl sites for hydroxylation is 1. The van der Waals surface area contributed by atoms with Crippen LogP contribution in [0.2, 0.25) is 0 Å². The van der Waals surface area contributed by atoms with E-state index in [9.17, 15) is 0 Å². The maximum atomic E-state index is 8.97. The molecule has 0 aliphatic rings.